The summed E-state index contributed by atoms with van der Waals surface area (Å²) < 4.78 is 46.7. The van der Waals surface area contributed by atoms with E-state index in [9.17, 15) is 34.1 Å². The van der Waals surface area contributed by atoms with Crippen molar-refractivity contribution in [2.75, 3.05) is 7.11 Å². The number of aromatic hydroxyl groups is 3. The molecule has 19 heteroatoms. The zero-order valence-electron chi connectivity index (χ0n) is 51.4. The molecule has 0 aliphatic heterocycles. The van der Waals surface area contributed by atoms with E-state index in [1.165, 1.54) is 70.9 Å². The highest BCUT2D eigenvalue weighted by Crippen LogP contribution is 2.54. The number of phenolic OH excluding ortho intramolecular Hbond substituents is 3. The molecule has 0 atom stereocenters. The summed E-state index contributed by atoms with van der Waals surface area (Å²) in [4.78, 5) is 39.3. The van der Waals surface area contributed by atoms with E-state index in [1.54, 1.807) is 128 Å². The Labute approximate surface area is 556 Å². The normalized spacial score (nSPS) is 12.1. The molecule has 478 valence electrons. The minimum Gasteiger partial charge on any atom is -0.508 e. The van der Waals surface area contributed by atoms with Crippen molar-refractivity contribution in [2.45, 2.75) is 45.6 Å². The number of benzene rings is 8. The number of methoxy groups -OCH3 is 1. The fourth-order valence-electron chi connectivity index (χ4n) is 10.2. The Balaban J connectivity index is 0.000000145. The number of thiophene rings is 3. The van der Waals surface area contributed by atoms with Gasteiger partial charge in [-0.1, -0.05) is 60.7 Å². The summed E-state index contributed by atoms with van der Waals surface area (Å²) in [7, 11) is 1.58. The van der Waals surface area contributed by atoms with Crippen molar-refractivity contribution in [3.63, 3.8) is 0 Å². The first kappa shape index (κ1) is 65.2. The van der Waals surface area contributed by atoms with Gasteiger partial charge in [-0.2, -0.15) is 0 Å². The van der Waals surface area contributed by atoms with Crippen molar-refractivity contribution in [3.05, 3.63) is 234 Å². The number of aryl methyl sites for hydroxylation is 1. The third-order valence-electron chi connectivity index (χ3n) is 14.7. The third-order valence-corrected chi connectivity index (χ3v) is 18.2. The molecule has 1 fully saturated rings. The van der Waals surface area contributed by atoms with Gasteiger partial charge in [0.25, 0.3) is 0 Å². The van der Waals surface area contributed by atoms with Crippen LogP contribution in [-0.4, -0.2) is 66.7 Å². The van der Waals surface area contributed by atoms with Gasteiger partial charge in [-0.15, -0.1) is 34.0 Å². The van der Waals surface area contributed by atoms with Crippen molar-refractivity contribution in [1.29, 1.82) is 0 Å². The van der Waals surface area contributed by atoms with Crippen LogP contribution in [0.5, 0.6) is 63.4 Å². The smallest absolute Gasteiger partial charge is 0.328 e. The van der Waals surface area contributed by atoms with Crippen LogP contribution in [0, 0.1) is 12.7 Å². The average Bonchev–Trinajstić information content (AvgIpc) is 1.64. The Morgan fingerprint density at radius 1 is 0.505 bits per heavy atom. The zero-order chi connectivity index (χ0) is 66.9. The lowest BCUT2D eigenvalue weighted by atomic mass is 10.0. The summed E-state index contributed by atoms with van der Waals surface area (Å²) in [6.45, 7) is 5.65. The van der Waals surface area contributed by atoms with E-state index in [1.807, 2.05) is 63.2 Å². The molecule has 0 bridgehead atoms. The van der Waals surface area contributed by atoms with Crippen LogP contribution in [0.1, 0.15) is 60.6 Å². The van der Waals surface area contributed by atoms with Gasteiger partial charge in [-0.05, 0) is 195 Å². The molecule has 6 N–H and O–H groups in total. The van der Waals surface area contributed by atoms with Gasteiger partial charge in [-0.25, -0.2) is 23.8 Å². The summed E-state index contributed by atoms with van der Waals surface area (Å²) in [6.07, 6.45) is 10.1. The van der Waals surface area contributed by atoms with Gasteiger partial charge < -0.3 is 54.3 Å². The van der Waals surface area contributed by atoms with E-state index in [0.717, 1.165) is 96.8 Å². The second kappa shape index (κ2) is 29.1. The number of ether oxygens (including phenoxy) is 5. The largest absolute Gasteiger partial charge is 0.508 e. The summed E-state index contributed by atoms with van der Waals surface area (Å²) in [6, 6.07) is 53.6. The minimum absolute atomic E-state index is 0.134. The predicted octanol–water partition coefficient (Wildman–Crippen LogP) is 20.0. The van der Waals surface area contributed by atoms with Crippen molar-refractivity contribution >= 4 is 100 Å². The maximum Gasteiger partial charge on any atom is 0.328 e. The van der Waals surface area contributed by atoms with Gasteiger partial charge >= 0.3 is 17.9 Å². The van der Waals surface area contributed by atoms with Crippen molar-refractivity contribution in [3.8, 4) is 94.7 Å². The van der Waals surface area contributed by atoms with Crippen LogP contribution in [0.4, 0.5) is 4.39 Å². The van der Waals surface area contributed by atoms with E-state index in [-0.39, 0.29) is 23.4 Å². The highest BCUT2D eigenvalue weighted by Gasteiger charge is 2.29. The number of phenols is 3. The lowest BCUT2D eigenvalue weighted by molar-refractivity contribution is -0.132. The molecule has 4 aromatic heterocycles. The van der Waals surface area contributed by atoms with E-state index < -0.39 is 23.7 Å². The lowest BCUT2D eigenvalue weighted by Crippen LogP contribution is -2.06. The van der Waals surface area contributed by atoms with Gasteiger partial charge in [0.2, 0.25) is 5.88 Å². The number of aromatic nitrogens is 1. The second-order valence-electron chi connectivity index (χ2n) is 22.0. The third kappa shape index (κ3) is 16.2. The van der Waals surface area contributed by atoms with Gasteiger partial charge in [0.05, 0.1) is 33.5 Å². The number of rotatable bonds is 19. The molecular formula is C76H60FNO14S3. The average molecular weight is 1330 g/mol. The second-order valence-corrected chi connectivity index (χ2v) is 25.2. The van der Waals surface area contributed by atoms with Crippen LogP contribution in [0.25, 0.3) is 79.8 Å². The van der Waals surface area contributed by atoms with Crippen molar-refractivity contribution in [1.82, 2.24) is 4.98 Å². The number of aliphatic carboxylic acids is 3. The maximum absolute atomic E-state index is 14.0. The number of carboxylic acid groups (broad SMARTS) is 3. The van der Waals surface area contributed by atoms with Gasteiger partial charge in [0.1, 0.15) is 46.1 Å². The molecule has 0 saturated heterocycles. The van der Waals surface area contributed by atoms with Crippen LogP contribution in [0.2, 0.25) is 0 Å². The number of halogens is 1. The molecule has 0 spiro atoms. The first-order valence-corrected chi connectivity index (χ1v) is 32.2. The predicted molar refractivity (Wildman–Crippen MR) is 373 cm³/mol. The first-order chi connectivity index (χ1) is 45.8. The van der Waals surface area contributed by atoms with Gasteiger partial charge in [0, 0.05) is 71.7 Å². The van der Waals surface area contributed by atoms with Gasteiger partial charge in [0.15, 0.2) is 17.2 Å². The van der Waals surface area contributed by atoms with E-state index in [0.29, 0.717) is 51.9 Å². The number of fused-ring (bicyclic) bond motifs is 3. The lowest BCUT2D eigenvalue weighted by Gasteiger charge is -2.15. The molecule has 1 aliphatic carbocycles. The van der Waals surface area contributed by atoms with Crippen molar-refractivity contribution in [2.24, 2.45) is 0 Å². The summed E-state index contributed by atoms with van der Waals surface area (Å²) in [5.41, 5.74) is 7.18. The molecule has 1 saturated carbocycles. The van der Waals surface area contributed by atoms with Crippen LogP contribution in [0.3, 0.4) is 0 Å². The number of carboxylic acids is 3. The number of pyridine rings is 1. The number of hydrogen-bond donors (Lipinski definition) is 6. The molecule has 8 aromatic carbocycles. The molecule has 0 unspecified atom stereocenters. The Morgan fingerprint density at radius 3 is 1.29 bits per heavy atom. The van der Waals surface area contributed by atoms with E-state index in [4.69, 9.17) is 39.0 Å². The number of nitrogens with zero attached hydrogens (tertiary/aromatic N) is 1. The maximum atomic E-state index is 14.0. The molecule has 0 radical (unpaired) electrons. The molecule has 15 nitrogen and oxygen atoms in total. The molecule has 0 amide bonds. The van der Waals surface area contributed by atoms with Crippen LogP contribution in [-0.2, 0) is 14.4 Å². The van der Waals surface area contributed by atoms with E-state index >= 15 is 0 Å². The zero-order valence-corrected chi connectivity index (χ0v) is 53.8. The minimum atomic E-state index is -1.02. The molecule has 1 aliphatic rings. The summed E-state index contributed by atoms with van der Waals surface area (Å²) >= 11 is 4.54. The molecular weight excluding hydrogens is 1270 g/mol. The van der Waals surface area contributed by atoms with E-state index in [2.05, 4.69) is 29.2 Å². The fourth-order valence-corrected chi connectivity index (χ4v) is 13.8. The summed E-state index contributed by atoms with van der Waals surface area (Å²) in [5, 5.41) is 58.9. The highest BCUT2D eigenvalue weighted by atomic mass is 32.1. The van der Waals surface area contributed by atoms with Crippen LogP contribution < -0.4 is 23.7 Å². The molecule has 13 rings (SSSR count). The quantitative estimate of drug-likeness (QED) is 0.0414. The monoisotopic (exact) mass is 1330 g/mol. The SMILES string of the molecule is CC(C)Oc1cc(F)ccc1-c1sc2cc(O)ccc2c1Oc1ccc(/C=C/C(=O)O)cc1.COc1ccc(-c2sc3cc(O)ccc3c2Oc2ccc(/C=C/C(=O)O)cc2)c(C)n1.O=C(O)/C=C/c1ccc(Oc2c(-c3ccccc3C3CC3)sc3cc(O)ccc23)cc1. The van der Waals surface area contributed by atoms with Gasteiger partial charge in [-0.3, -0.25) is 0 Å². The Hall–Kier alpha value is -11.3. The number of hydrogen-bond acceptors (Lipinski definition) is 15. The molecule has 4 heterocycles. The summed E-state index contributed by atoms with van der Waals surface area (Å²) in [5.74, 6) is 2.53. The Morgan fingerprint density at radius 2 is 0.905 bits per heavy atom. The highest BCUT2D eigenvalue weighted by molar-refractivity contribution is 7.23. The number of carbonyl (C=O) groups is 3. The first-order valence-electron chi connectivity index (χ1n) is 29.7. The molecule has 12 aromatic rings. The Kier molecular flexibility index (Phi) is 20.0. The van der Waals surface area contributed by atoms with Crippen molar-refractivity contribution < 1.29 is 73.1 Å². The van der Waals surface area contributed by atoms with Crippen LogP contribution >= 0.6 is 34.0 Å². The Bertz CT molecular complexity index is 4910. The molecule has 95 heavy (non-hydrogen) atoms. The standard InChI is InChI=1S/C26H21FO5S.C26H20O4S.C24H19NO5S/c1-15(2)31-22-13-17(27)6-10-20(22)26-25(21-11-7-18(28)14-23(21)33-26)32-19-8-3-16(4-9-19)5-12-24(29)30;27-18-10-13-22-23(15-18)31-26(21-4-2-1-3-20(21)17-8-9-17)25(22)30-19-11-5-16(6-12-19)7-14-24(28)29;1-14-18(10-11-21(25-14)29-2)24-23(19-9-6-16(26)13-20(19)31-24)30-17-7-3-15(4-8-17)5-12-22(27)28/h3-15,28H,1-2H3,(H,29,30);1-7,10-15,17,27H,8-9H2,(H,28,29);3-13,26H,1-2H3,(H,27,28)/b12-5+;14-7+;12-5+. The fraction of sp³-hybridized carbons (Fsp3) is 0.105. The van der Waals surface area contributed by atoms with Crippen LogP contribution in [0.15, 0.2) is 200 Å². The topological polar surface area (TPSA) is 232 Å².